The molecule has 2 aromatic rings. The average Bonchev–Trinajstić information content (AvgIpc) is 2.92. The Hall–Kier alpha value is -3.09. The summed E-state index contributed by atoms with van der Waals surface area (Å²) in [6, 6.07) is 5.30. The van der Waals surface area contributed by atoms with E-state index in [4.69, 9.17) is 14.0 Å². The first kappa shape index (κ1) is 16.3. The molecule has 7 nitrogen and oxygen atoms in total. The quantitative estimate of drug-likeness (QED) is 0.440. The Bertz CT molecular complexity index is 749. The number of aryl methyl sites for hydroxylation is 1. The molecule has 1 aromatic heterocycles. The number of nitro groups is 1. The molecule has 23 heavy (non-hydrogen) atoms. The molecular formula is C16H16N2O5. The van der Waals surface area contributed by atoms with E-state index in [2.05, 4.69) is 11.7 Å². The summed E-state index contributed by atoms with van der Waals surface area (Å²) in [6.45, 7) is 5.48. The highest BCUT2D eigenvalue weighted by Gasteiger charge is 2.21. The van der Waals surface area contributed by atoms with Crippen molar-refractivity contribution in [1.82, 2.24) is 5.16 Å². The molecule has 0 N–H and O–H groups in total. The van der Waals surface area contributed by atoms with Gasteiger partial charge in [0.05, 0.1) is 12.0 Å². The fourth-order valence-corrected chi connectivity index (χ4v) is 1.94. The van der Waals surface area contributed by atoms with Gasteiger partial charge in [-0.05, 0) is 30.7 Å². The highest BCUT2D eigenvalue weighted by molar-refractivity contribution is 5.72. The molecule has 2 rings (SSSR count). The predicted molar refractivity (Wildman–Crippen MR) is 85.5 cm³/mol. The SMILES string of the molecule is C=CCOc1ccc(/C=C\c2onc(C)c2[N+](=O)[O-])cc1OC. The van der Waals surface area contributed by atoms with Crippen molar-refractivity contribution in [3.63, 3.8) is 0 Å². The highest BCUT2D eigenvalue weighted by Crippen LogP contribution is 2.30. The van der Waals surface area contributed by atoms with Gasteiger partial charge in [0.15, 0.2) is 17.2 Å². The van der Waals surface area contributed by atoms with Gasteiger partial charge in [0.1, 0.15) is 6.61 Å². The predicted octanol–water partition coefficient (Wildman–Crippen LogP) is 3.64. The summed E-state index contributed by atoms with van der Waals surface area (Å²) >= 11 is 0. The molecule has 0 amide bonds. The van der Waals surface area contributed by atoms with Crippen LogP contribution < -0.4 is 9.47 Å². The van der Waals surface area contributed by atoms with Crippen LogP contribution in [0.25, 0.3) is 12.2 Å². The average molecular weight is 316 g/mol. The molecule has 0 aliphatic carbocycles. The topological polar surface area (TPSA) is 87.6 Å². The van der Waals surface area contributed by atoms with Gasteiger partial charge in [0.2, 0.25) is 5.76 Å². The van der Waals surface area contributed by atoms with E-state index in [1.54, 1.807) is 30.4 Å². The van der Waals surface area contributed by atoms with Crippen LogP contribution in [0.5, 0.6) is 11.5 Å². The number of hydrogen-bond donors (Lipinski definition) is 0. The van der Waals surface area contributed by atoms with E-state index >= 15 is 0 Å². The first-order valence-electron chi connectivity index (χ1n) is 6.77. The minimum Gasteiger partial charge on any atom is -0.493 e. The fourth-order valence-electron chi connectivity index (χ4n) is 1.94. The first-order valence-corrected chi connectivity index (χ1v) is 6.77. The van der Waals surface area contributed by atoms with Gasteiger partial charge >= 0.3 is 5.69 Å². The van der Waals surface area contributed by atoms with Crippen LogP contribution in [0, 0.1) is 17.0 Å². The highest BCUT2D eigenvalue weighted by atomic mass is 16.6. The smallest absolute Gasteiger partial charge is 0.338 e. The lowest BCUT2D eigenvalue weighted by Crippen LogP contribution is -1.96. The minimum absolute atomic E-state index is 0.0958. The molecule has 0 atom stereocenters. The van der Waals surface area contributed by atoms with Gasteiger partial charge in [-0.15, -0.1) is 0 Å². The Labute approximate surface area is 133 Å². The zero-order chi connectivity index (χ0) is 16.8. The maximum absolute atomic E-state index is 11.0. The van der Waals surface area contributed by atoms with Crippen LogP contribution in [0.15, 0.2) is 35.4 Å². The van der Waals surface area contributed by atoms with Crippen molar-refractivity contribution in [3.05, 3.63) is 58.0 Å². The number of rotatable bonds is 7. The van der Waals surface area contributed by atoms with Crippen LogP contribution >= 0.6 is 0 Å². The Morgan fingerprint density at radius 1 is 1.39 bits per heavy atom. The first-order chi connectivity index (χ1) is 11.1. The number of nitrogens with zero attached hydrogens (tertiary/aromatic N) is 2. The molecule has 0 aliphatic rings. The van der Waals surface area contributed by atoms with Crippen molar-refractivity contribution >= 4 is 17.8 Å². The Morgan fingerprint density at radius 2 is 2.17 bits per heavy atom. The molecule has 0 fully saturated rings. The Kier molecular flexibility index (Phi) is 5.14. The van der Waals surface area contributed by atoms with Gasteiger partial charge in [-0.2, -0.15) is 0 Å². The van der Waals surface area contributed by atoms with Crippen molar-refractivity contribution in [3.8, 4) is 11.5 Å². The largest absolute Gasteiger partial charge is 0.493 e. The molecule has 0 saturated heterocycles. The lowest BCUT2D eigenvalue weighted by Gasteiger charge is -2.09. The number of benzene rings is 1. The van der Waals surface area contributed by atoms with Crippen LogP contribution in [0.4, 0.5) is 5.69 Å². The third-order valence-corrected chi connectivity index (χ3v) is 3.01. The van der Waals surface area contributed by atoms with Crippen molar-refractivity contribution in [2.24, 2.45) is 0 Å². The van der Waals surface area contributed by atoms with E-state index in [-0.39, 0.29) is 17.1 Å². The Morgan fingerprint density at radius 3 is 2.83 bits per heavy atom. The molecule has 0 aliphatic heterocycles. The molecular weight excluding hydrogens is 300 g/mol. The summed E-state index contributed by atoms with van der Waals surface area (Å²) in [5.74, 6) is 1.24. The van der Waals surface area contributed by atoms with Crippen LogP contribution in [0.3, 0.4) is 0 Å². The van der Waals surface area contributed by atoms with E-state index in [9.17, 15) is 10.1 Å². The van der Waals surface area contributed by atoms with Crippen LogP contribution in [0.2, 0.25) is 0 Å². The van der Waals surface area contributed by atoms with Gasteiger partial charge in [-0.25, -0.2) is 0 Å². The molecule has 0 unspecified atom stereocenters. The van der Waals surface area contributed by atoms with Crippen molar-refractivity contribution in [2.75, 3.05) is 13.7 Å². The monoisotopic (exact) mass is 316 g/mol. The van der Waals surface area contributed by atoms with Gasteiger partial charge in [-0.1, -0.05) is 30.0 Å². The lowest BCUT2D eigenvalue weighted by atomic mass is 10.1. The van der Waals surface area contributed by atoms with Gasteiger partial charge in [-0.3, -0.25) is 10.1 Å². The van der Waals surface area contributed by atoms with E-state index in [0.29, 0.717) is 18.1 Å². The number of methoxy groups -OCH3 is 1. The van der Waals surface area contributed by atoms with Crippen LogP contribution in [-0.4, -0.2) is 23.8 Å². The summed E-state index contributed by atoms with van der Waals surface area (Å²) < 4.78 is 15.7. The van der Waals surface area contributed by atoms with Crippen molar-refractivity contribution in [2.45, 2.75) is 6.92 Å². The third kappa shape index (κ3) is 3.76. The molecule has 1 heterocycles. The van der Waals surface area contributed by atoms with E-state index < -0.39 is 4.92 Å². The van der Waals surface area contributed by atoms with E-state index in [0.717, 1.165) is 5.56 Å². The number of ether oxygens (including phenoxy) is 2. The van der Waals surface area contributed by atoms with Gasteiger partial charge in [0, 0.05) is 0 Å². The van der Waals surface area contributed by atoms with Crippen molar-refractivity contribution < 1.29 is 18.9 Å². The number of hydrogen-bond acceptors (Lipinski definition) is 6. The van der Waals surface area contributed by atoms with Gasteiger partial charge < -0.3 is 14.0 Å². The summed E-state index contributed by atoms with van der Waals surface area (Å²) in [7, 11) is 1.54. The molecule has 0 spiro atoms. The second-order valence-electron chi connectivity index (χ2n) is 4.58. The molecule has 7 heteroatoms. The molecule has 0 radical (unpaired) electrons. The summed E-state index contributed by atoms with van der Waals surface area (Å²) in [4.78, 5) is 10.5. The summed E-state index contributed by atoms with van der Waals surface area (Å²) in [5.41, 5.74) is 0.871. The summed E-state index contributed by atoms with van der Waals surface area (Å²) in [5, 5.41) is 14.6. The summed E-state index contributed by atoms with van der Waals surface area (Å²) in [6.07, 6.45) is 4.81. The van der Waals surface area contributed by atoms with E-state index in [1.165, 1.54) is 20.1 Å². The Balaban J connectivity index is 2.26. The normalized spacial score (nSPS) is 10.7. The lowest BCUT2D eigenvalue weighted by molar-refractivity contribution is -0.386. The van der Waals surface area contributed by atoms with Crippen LogP contribution in [-0.2, 0) is 0 Å². The second kappa shape index (κ2) is 7.26. The maximum Gasteiger partial charge on any atom is 0.338 e. The second-order valence-corrected chi connectivity index (χ2v) is 4.58. The minimum atomic E-state index is -0.516. The van der Waals surface area contributed by atoms with E-state index in [1.807, 2.05) is 0 Å². The maximum atomic E-state index is 11.0. The number of aromatic nitrogens is 1. The zero-order valence-electron chi connectivity index (χ0n) is 12.8. The molecule has 120 valence electrons. The molecule has 1 aromatic carbocycles. The zero-order valence-corrected chi connectivity index (χ0v) is 12.8. The molecule has 0 saturated carbocycles. The third-order valence-electron chi connectivity index (χ3n) is 3.01. The van der Waals surface area contributed by atoms with Gasteiger partial charge in [0.25, 0.3) is 0 Å². The fraction of sp³-hybridized carbons (Fsp3) is 0.188. The molecule has 0 bridgehead atoms. The van der Waals surface area contributed by atoms with Crippen molar-refractivity contribution in [1.29, 1.82) is 0 Å². The van der Waals surface area contributed by atoms with Crippen LogP contribution in [0.1, 0.15) is 17.0 Å². The standard InChI is InChI=1S/C16H16N2O5/c1-4-9-22-13-7-5-12(10-15(13)21-3)6-8-14-16(18(19)20)11(2)17-23-14/h4-8,10H,1,9H2,2-3H3/b8-6-.